The maximum Gasteiger partial charge on any atom is 0.129 e. The van der Waals surface area contributed by atoms with Crippen LogP contribution in [0, 0.1) is 0 Å². The summed E-state index contributed by atoms with van der Waals surface area (Å²) in [5, 5.41) is 10.2. The molecule has 2 atom stereocenters. The van der Waals surface area contributed by atoms with Crippen molar-refractivity contribution < 1.29 is 9.84 Å². The monoisotopic (exact) mass is 240 g/mol. The second-order valence-electron chi connectivity index (χ2n) is 4.73. The number of hydrogen-bond donors (Lipinski definition) is 1. The summed E-state index contributed by atoms with van der Waals surface area (Å²) in [6.45, 7) is 0. The van der Waals surface area contributed by atoms with Crippen LogP contribution in [-0.2, 0) is 12.8 Å². The van der Waals surface area contributed by atoms with E-state index in [0.717, 1.165) is 17.7 Å². The van der Waals surface area contributed by atoms with Crippen LogP contribution >= 0.6 is 0 Å². The third-order valence-electron chi connectivity index (χ3n) is 3.39. The molecule has 18 heavy (non-hydrogen) atoms. The van der Waals surface area contributed by atoms with E-state index in [0.29, 0.717) is 6.42 Å². The third kappa shape index (κ3) is 2.24. The highest BCUT2D eigenvalue weighted by atomic mass is 16.5. The molecule has 2 aromatic carbocycles. The van der Waals surface area contributed by atoms with Crippen LogP contribution in [0.25, 0.3) is 0 Å². The van der Waals surface area contributed by atoms with Crippen molar-refractivity contribution in [1.29, 1.82) is 0 Å². The van der Waals surface area contributed by atoms with E-state index < -0.39 is 6.10 Å². The molecule has 0 aromatic heterocycles. The zero-order valence-electron chi connectivity index (χ0n) is 10.1. The van der Waals surface area contributed by atoms with E-state index in [9.17, 15) is 5.11 Å². The Kier molecular flexibility index (Phi) is 3.03. The van der Waals surface area contributed by atoms with Gasteiger partial charge >= 0.3 is 0 Å². The second-order valence-corrected chi connectivity index (χ2v) is 4.73. The number of aliphatic hydroxyl groups excluding tert-OH is 1. The molecule has 2 aromatic rings. The van der Waals surface area contributed by atoms with Crippen LogP contribution in [0.3, 0.4) is 0 Å². The quantitative estimate of drug-likeness (QED) is 0.893. The van der Waals surface area contributed by atoms with Gasteiger partial charge in [0.25, 0.3) is 0 Å². The lowest BCUT2D eigenvalue weighted by molar-refractivity contribution is 0.0503. The van der Waals surface area contributed by atoms with Crippen LogP contribution in [0.15, 0.2) is 54.6 Å². The number of rotatable bonds is 3. The summed E-state index contributed by atoms with van der Waals surface area (Å²) < 4.78 is 5.79. The van der Waals surface area contributed by atoms with Gasteiger partial charge in [0.05, 0.1) is 6.10 Å². The lowest BCUT2D eigenvalue weighted by Crippen LogP contribution is -2.31. The highest BCUT2D eigenvalue weighted by Crippen LogP contribution is 2.30. The molecule has 1 aliphatic heterocycles. The number of aliphatic hydroxyl groups is 1. The zero-order valence-corrected chi connectivity index (χ0v) is 10.1. The summed E-state index contributed by atoms with van der Waals surface area (Å²) in [5.74, 6) is 0.912. The Balaban J connectivity index is 1.67. The molecule has 1 N–H and O–H groups in total. The highest BCUT2D eigenvalue weighted by Gasteiger charge is 2.28. The first-order valence-corrected chi connectivity index (χ1v) is 6.29. The van der Waals surface area contributed by atoms with Crippen LogP contribution in [0.5, 0.6) is 5.75 Å². The Bertz CT molecular complexity index is 497. The molecule has 0 fully saturated rings. The van der Waals surface area contributed by atoms with Gasteiger partial charge in [-0.05, 0) is 17.2 Å². The van der Waals surface area contributed by atoms with E-state index in [-0.39, 0.29) is 6.10 Å². The predicted octanol–water partition coefficient (Wildman–Crippen LogP) is 2.59. The Morgan fingerprint density at radius 1 is 1.06 bits per heavy atom. The van der Waals surface area contributed by atoms with Crippen LogP contribution in [0.2, 0.25) is 0 Å². The van der Waals surface area contributed by atoms with Gasteiger partial charge < -0.3 is 9.84 Å². The average molecular weight is 240 g/mol. The largest absolute Gasteiger partial charge is 0.487 e. The molecule has 2 nitrogen and oxygen atoms in total. The van der Waals surface area contributed by atoms with Gasteiger partial charge in [-0.2, -0.15) is 0 Å². The molecule has 1 heterocycles. The van der Waals surface area contributed by atoms with Crippen molar-refractivity contribution in [3.05, 3.63) is 65.7 Å². The number of benzene rings is 2. The van der Waals surface area contributed by atoms with E-state index in [4.69, 9.17) is 4.74 Å². The molecule has 0 saturated carbocycles. The molecular weight excluding hydrogens is 224 g/mol. The van der Waals surface area contributed by atoms with Gasteiger partial charge in [-0.25, -0.2) is 0 Å². The highest BCUT2D eigenvalue weighted by molar-refractivity contribution is 5.37. The fraction of sp³-hybridized carbons (Fsp3) is 0.250. The van der Waals surface area contributed by atoms with Gasteiger partial charge in [-0.15, -0.1) is 0 Å². The molecule has 0 radical (unpaired) electrons. The van der Waals surface area contributed by atoms with Gasteiger partial charge in [0.15, 0.2) is 0 Å². The van der Waals surface area contributed by atoms with Gasteiger partial charge in [-0.1, -0.05) is 48.5 Å². The minimum absolute atomic E-state index is 0.123. The Hall–Kier alpha value is -1.80. The summed E-state index contributed by atoms with van der Waals surface area (Å²) in [7, 11) is 0. The molecule has 0 spiro atoms. The zero-order chi connectivity index (χ0) is 12.4. The van der Waals surface area contributed by atoms with E-state index in [1.165, 1.54) is 5.56 Å². The van der Waals surface area contributed by atoms with Gasteiger partial charge in [0.1, 0.15) is 11.9 Å². The van der Waals surface area contributed by atoms with Crippen LogP contribution in [-0.4, -0.2) is 17.3 Å². The predicted molar refractivity (Wildman–Crippen MR) is 70.7 cm³/mol. The minimum Gasteiger partial charge on any atom is -0.487 e. The molecule has 2 heteroatoms. The standard InChI is InChI=1S/C16H16O2/c17-14(10-12-6-2-1-3-7-12)16-11-13-8-4-5-9-15(13)18-16/h1-9,14,16-17H,10-11H2. The maximum atomic E-state index is 10.2. The molecule has 3 rings (SSSR count). The van der Waals surface area contributed by atoms with Gasteiger partial charge in [0.2, 0.25) is 0 Å². The number of hydrogen-bond acceptors (Lipinski definition) is 2. The lowest BCUT2D eigenvalue weighted by atomic mass is 10.0. The third-order valence-corrected chi connectivity index (χ3v) is 3.39. The molecule has 2 unspecified atom stereocenters. The van der Waals surface area contributed by atoms with Gasteiger partial charge in [0, 0.05) is 12.8 Å². The van der Waals surface area contributed by atoms with Crippen molar-refractivity contribution in [2.45, 2.75) is 25.0 Å². The fourth-order valence-corrected chi connectivity index (χ4v) is 2.41. The SMILES string of the molecule is OC(Cc1ccccc1)C1Cc2ccccc2O1. The lowest BCUT2D eigenvalue weighted by Gasteiger charge is -2.18. The molecule has 0 bridgehead atoms. The Morgan fingerprint density at radius 3 is 2.56 bits per heavy atom. The van der Waals surface area contributed by atoms with Crippen molar-refractivity contribution in [1.82, 2.24) is 0 Å². The fourth-order valence-electron chi connectivity index (χ4n) is 2.41. The summed E-state index contributed by atoms with van der Waals surface area (Å²) in [5.41, 5.74) is 2.33. The second kappa shape index (κ2) is 4.83. The maximum absolute atomic E-state index is 10.2. The molecule has 0 amide bonds. The number of fused-ring (bicyclic) bond motifs is 1. The summed E-state index contributed by atoms with van der Waals surface area (Å²) in [4.78, 5) is 0. The first-order valence-electron chi connectivity index (χ1n) is 6.29. The van der Waals surface area contributed by atoms with Crippen molar-refractivity contribution in [3.63, 3.8) is 0 Å². The van der Waals surface area contributed by atoms with E-state index >= 15 is 0 Å². The van der Waals surface area contributed by atoms with Gasteiger partial charge in [-0.3, -0.25) is 0 Å². The summed E-state index contributed by atoms with van der Waals surface area (Å²) in [6, 6.07) is 18.0. The van der Waals surface area contributed by atoms with E-state index in [2.05, 4.69) is 6.07 Å². The van der Waals surface area contributed by atoms with E-state index in [1.807, 2.05) is 48.5 Å². The first-order chi connectivity index (χ1) is 8.83. The molecule has 0 saturated heterocycles. The minimum atomic E-state index is -0.459. The number of para-hydroxylation sites is 1. The normalized spacial score (nSPS) is 19.1. The number of ether oxygens (including phenoxy) is 1. The smallest absolute Gasteiger partial charge is 0.129 e. The summed E-state index contributed by atoms with van der Waals surface area (Å²) in [6.07, 6.45) is 0.853. The van der Waals surface area contributed by atoms with Crippen LogP contribution in [0.4, 0.5) is 0 Å². The Morgan fingerprint density at radius 2 is 1.78 bits per heavy atom. The van der Waals surface area contributed by atoms with Crippen molar-refractivity contribution >= 4 is 0 Å². The molecule has 0 aliphatic carbocycles. The molecule has 1 aliphatic rings. The van der Waals surface area contributed by atoms with Crippen LogP contribution < -0.4 is 4.74 Å². The van der Waals surface area contributed by atoms with Crippen molar-refractivity contribution in [2.24, 2.45) is 0 Å². The van der Waals surface area contributed by atoms with E-state index in [1.54, 1.807) is 0 Å². The molecule has 92 valence electrons. The van der Waals surface area contributed by atoms with Crippen molar-refractivity contribution in [2.75, 3.05) is 0 Å². The average Bonchev–Trinajstić information content (AvgIpc) is 2.84. The van der Waals surface area contributed by atoms with Crippen molar-refractivity contribution in [3.8, 4) is 5.75 Å². The van der Waals surface area contributed by atoms with Crippen LogP contribution in [0.1, 0.15) is 11.1 Å². The molecular formula is C16H16O2. The first kappa shape index (κ1) is 11.3. The Labute approximate surface area is 107 Å². The topological polar surface area (TPSA) is 29.5 Å². The summed E-state index contributed by atoms with van der Waals surface area (Å²) >= 11 is 0.